The molecule has 0 aromatic carbocycles. The van der Waals surface area contributed by atoms with E-state index in [9.17, 15) is 9.59 Å². The number of aromatic amines is 1. The highest BCUT2D eigenvalue weighted by Crippen LogP contribution is 2.16. The molecule has 0 radical (unpaired) electrons. The van der Waals surface area contributed by atoms with Crippen LogP contribution < -0.4 is 5.69 Å². The van der Waals surface area contributed by atoms with Crippen molar-refractivity contribution in [2.75, 3.05) is 0 Å². The Kier molecular flexibility index (Phi) is 2.20. The van der Waals surface area contributed by atoms with E-state index in [1.54, 1.807) is 0 Å². The number of hydrogen-bond donors (Lipinski definition) is 2. The first-order chi connectivity index (χ1) is 7.09. The number of nitrogens with zero attached hydrogens (tertiary/aromatic N) is 2. The summed E-state index contributed by atoms with van der Waals surface area (Å²) in [4.78, 5) is 21.9. The van der Waals surface area contributed by atoms with Crippen molar-refractivity contribution in [3.05, 3.63) is 33.3 Å². The van der Waals surface area contributed by atoms with Crippen molar-refractivity contribution in [2.45, 2.75) is 6.42 Å². The molecule has 7 heteroatoms. The molecule has 15 heavy (non-hydrogen) atoms. The van der Waals surface area contributed by atoms with E-state index in [1.165, 1.54) is 12.1 Å². The van der Waals surface area contributed by atoms with E-state index in [2.05, 4.69) is 10.2 Å². The first kappa shape index (κ1) is 9.72. The van der Waals surface area contributed by atoms with E-state index in [4.69, 9.17) is 16.7 Å². The number of H-pyrrole nitrogens is 1. The molecule has 0 aliphatic heterocycles. The minimum absolute atomic E-state index is 0.223. The number of rotatable bonds is 2. The predicted molar refractivity (Wildman–Crippen MR) is 52.2 cm³/mol. The zero-order chi connectivity index (χ0) is 11.0. The van der Waals surface area contributed by atoms with Crippen LogP contribution in [0, 0.1) is 0 Å². The lowest BCUT2D eigenvalue weighted by Crippen LogP contribution is -2.16. The monoisotopic (exact) mass is 227 g/mol. The van der Waals surface area contributed by atoms with E-state index >= 15 is 0 Å². The normalized spacial score (nSPS) is 10.7. The van der Waals surface area contributed by atoms with Crippen molar-refractivity contribution in [2.24, 2.45) is 0 Å². The third-order valence-electron chi connectivity index (χ3n) is 1.94. The molecule has 6 nitrogen and oxygen atoms in total. The van der Waals surface area contributed by atoms with Crippen molar-refractivity contribution in [3.63, 3.8) is 0 Å². The van der Waals surface area contributed by atoms with Gasteiger partial charge in [0, 0.05) is 0 Å². The minimum atomic E-state index is -1.06. The first-order valence-corrected chi connectivity index (χ1v) is 4.43. The SMILES string of the molecule is O=C(O)Cc1c(Cl)ccc2n[nH]c(=O)n12. The van der Waals surface area contributed by atoms with Crippen LogP contribution in [0.1, 0.15) is 5.69 Å². The Morgan fingerprint density at radius 1 is 1.60 bits per heavy atom. The smallest absolute Gasteiger partial charge is 0.348 e. The van der Waals surface area contributed by atoms with Gasteiger partial charge in [-0.3, -0.25) is 4.79 Å². The van der Waals surface area contributed by atoms with Crippen molar-refractivity contribution < 1.29 is 9.90 Å². The van der Waals surface area contributed by atoms with Crippen LogP contribution in [-0.2, 0) is 11.2 Å². The number of hydrogen-bond acceptors (Lipinski definition) is 3. The summed E-state index contributed by atoms with van der Waals surface area (Å²) < 4.78 is 1.15. The summed E-state index contributed by atoms with van der Waals surface area (Å²) in [5.74, 6) is -1.06. The van der Waals surface area contributed by atoms with Gasteiger partial charge in [0.05, 0.1) is 17.1 Å². The first-order valence-electron chi connectivity index (χ1n) is 4.06. The van der Waals surface area contributed by atoms with Crippen LogP contribution >= 0.6 is 11.6 Å². The van der Waals surface area contributed by atoms with Gasteiger partial charge >= 0.3 is 11.7 Å². The minimum Gasteiger partial charge on any atom is -0.481 e. The molecule has 0 aliphatic carbocycles. The fourth-order valence-corrected chi connectivity index (χ4v) is 1.55. The zero-order valence-electron chi connectivity index (χ0n) is 7.40. The number of carbonyl (C=O) groups is 1. The van der Waals surface area contributed by atoms with Gasteiger partial charge in [-0.2, -0.15) is 5.10 Å². The van der Waals surface area contributed by atoms with Crippen LogP contribution in [0.3, 0.4) is 0 Å². The quantitative estimate of drug-likeness (QED) is 0.773. The van der Waals surface area contributed by atoms with Crippen LogP contribution in [0.4, 0.5) is 0 Å². The van der Waals surface area contributed by atoms with Crippen molar-refractivity contribution in [1.82, 2.24) is 14.6 Å². The third-order valence-corrected chi connectivity index (χ3v) is 2.29. The molecule has 0 saturated heterocycles. The highest BCUT2D eigenvalue weighted by molar-refractivity contribution is 6.31. The Morgan fingerprint density at radius 2 is 2.33 bits per heavy atom. The molecule has 0 saturated carbocycles. The summed E-state index contributed by atoms with van der Waals surface area (Å²) in [7, 11) is 0. The van der Waals surface area contributed by atoms with Crippen LogP contribution in [-0.4, -0.2) is 25.7 Å². The Hall–Kier alpha value is -1.82. The molecule has 0 amide bonds. The number of carboxylic acid groups (broad SMARTS) is 1. The van der Waals surface area contributed by atoms with Gasteiger partial charge < -0.3 is 5.11 Å². The fraction of sp³-hybridized carbons (Fsp3) is 0.125. The van der Waals surface area contributed by atoms with Gasteiger partial charge in [0.1, 0.15) is 0 Å². The lowest BCUT2D eigenvalue weighted by Gasteiger charge is -2.02. The van der Waals surface area contributed by atoms with E-state index in [-0.39, 0.29) is 17.1 Å². The molecule has 0 fully saturated rings. The molecule has 2 aromatic heterocycles. The Morgan fingerprint density at radius 3 is 3.00 bits per heavy atom. The molecular weight excluding hydrogens is 222 g/mol. The molecule has 2 aromatic rings. The van der Waals surface area contributed by atoms with E-state index < -0.39 is 11.7 Å². The second-order valence-corrected chi connectivity index (χ2v) is 3.33. The van der Waals surface area contributed by atoms with Crippen LogP contribution in [0.15, 0.2) is 16.9 Å². The van der Waals surface area contributed by atoms with E-state index in [1.807, 2.05) is 0 Å². The van der Waals surface area contributed by atoms with E-state index in [0.29, 0.717) is 5.65 Å². The van der Waals surface area contributed by atoms with Crippen molar-refractivity contribution in [1.29, 1.82) is 0 Å². The molecule has 2 heterocycles. The Labute approximate surface area is 88.1 Å². The number of halogens is 1. The van der Waals surface area contributed by atoms with Crippen molar-refractivity contribution in [3.8, 4) is 0 Å². The average molecular weight is 228 g/mol. The zero-order valence-corrected chi connectivity index (χ0v) is 8.15. The second kappa shape index (κ2) is 3.39. The summed E-state index contributed by atoms with van der Waals surface area (Å²) in [5.41, 5.74) is 0.0739. The Balaban J connectivity index is 2.78. The van der Waals surface area contributed by atoms with Gasteiger partial charge in [-0.25, -0.2) is 14.3 Å². The molecule has 0 unspecified atom stereocenters. The average Bonchev–Trinajstić information content (AvgIpc) is 2.52. The largest absolute Gasteiger partial charge is 0.481 e. The summed E-state index contributed by atoms with van der Waals surface area (Å²) >= 11 is 5.81. The van der Waals surface area contributed by atoms with Crippen LogP contribution in [0.2, 0.25) is 5.02 Å². The topological polar surface area (TPSA) is 87.5 Å². The molecule has 0 bridgehead atoms. The van der Waals surface area contributed by atoms with Gasteiger partial charge in [0.2, 0.25) is 0 Å². The molecule has 78 valence electrons. The highest BCUT2D eigenvalue weighted by Gasteiger charge is 2.12. The van der Waals surface area contributed by atoms with Gasteiger partial charge in [0.15, 0.2) is 5.65 Å². The van der Waals surface area contributed by atoms with Gasteiger partial charge in [-0.05, 0) is 12.1 Å². The summed E-state index contributed by atoms with van der Waals surface area (Å²) in [5, 5.41) is 14.8. The highest BCUT2D eigenvalue weighted by atomic mass is 35.5. The van der Waals surface area contributed by atoms with E-state index in [0.717, 1.165) is 4.40 Å². The number of pyridine rings is 1. The number of nitrogens with one attached hydrogen (secondary N) is 1. The molecule has 2 N–H and O–H groups in total. The van der Waals surface area contributed by atoms with Gasteiger partial charge in [0.25, 0.3) is 0 Å². The maximum absolute atomic E-state index is 11.3. The summed E-state index contributed by atoms with van der Waals surface area (Å²) in [6.07, 6.45) is -0.324. The number of aliphatic carboxylic acids is 1. The summed E-state index contributed by atoms with van der Waals surface area (Å²) in [6.45, 7) is 0. The standard InChI is InChI=1S/C8H6ClN3O3/c9-4-1-2-6-10-11-8(15)12(6)5(4)3-7(13)14/h1-2H,3H2,(H,11,15)(H,13,14). The molecule has 0 spiro atoms. The number of aromatic nitrogens is 3. The second-order valence-electron chi connectivity index (χ2n) is 2.92. The van der Waals surface area contributed by atoms with Gasteiger partial charge in [-0.1, -0.05) is 11.6 Å². The summed E-state index contributed by atoms with van der Waals surface area (Å²) in [6, 6.07) is 3.04. The predicted octanol–water partition coefficient (Wildman–Crippen LogP) is 0.303. The number of fused-ring (bicyclic) bond motifs is 1. The maximum atomic E-state index is 11.3. The maximum Gasteiger partial charge on any atom is 0.348 e. The van der Waals surface area contributed by atoms with Crippen LogP contribution in [0.25, 0.3) is 5.65 Å². The molecule has 0 aliphatic rings. The lowest BCUT2D eigenvalue weighted by atomic mass is 10.2. The fourth-order valence-electron chi connectivity index (χ4n) is 1.34. The molecule has 0 atom stereocenters. The van der Waals surface area contributed by atoms with Crippen LogP contribution in [0.5, 0.6) is 0 Å². The van der Waals surface area contributed by atoms with Crippen molar-refractivity contribution >= 4 is 23.2 Å². The van der Waals surface area contributed by atoms with Gasteiger partial charge in [-0.15, -0.1) is 0 Å². The molecular formula is C8H6ClN3O3. The molecule has 2 rings (SSSR count). The third kappa shape index (κ3) is 1.59. The lowest BCUT2D eigenvalue weighted by molar-refractivity contribution is -0.136. The number of carboxylic acids is 1. The Bertz CT molecular complexity index is 586.